The summed E-state index contributed by atoms with van der Waals surface area (Å²) >= 11 is 0. The van der Waals surface area contributed by atoms with Crippen LogP contribution in [0.1, 0.15) is 18.9 Å². The summed E-state index contributed by atoms with van der Waals surface area (Å²) in [6, 6.07) is 3.55. The molecule has 1 fully saturated rings. The molecule has 2 amide bonds. The second-order valence-electron chi connectivity index (χ2n) is 4.89. The van der Waals surface area contributed by atoms with Crippen LogP contribution in [0.2, 0.25) is 0 Å². The Balaban J connectivity index is 2.34. The summed E-state index contributed by atoms with van der Waals surface area (Å²) in [6.07, 6.45) is 0.340. The molecule has 0 aromatic heterocycles. The zero-order valence-electron chi connectivity index (χ0n) is 11.8. The standard InChI is InChI=1S/C13H17N3O4S/c1-3-8-4-5-9(14)6-11(8)21(19,20)15-10-7-12(17)16(2)13(10)18/h4-6,10,15H,3,7,14H2,1-2H3. The van der Waals surface area contributed by atoms with Crippen molar-refractivity contribution in [3.05, 3.63) is 23.8 Å². The van der Waals surface area contributed by atoms with Crippen LogP contribution in [0.5, 0.6) is 0 Å². The number of imide groups is 1. The van der Waals surface area contributed by atoms with Crippen molar-refractivity contribution in [2.45, 2.75) is 30.7 Å². The molecule has 0 radical (unpaired) electrons. The number of rotatable bonds is 4. The molecule has 1 aromatic rings. The van der Waals surface area contributed by atoms with Crippen LogP contribution in [-0.2, 0) is 26.0 Å². The highest BCUT2D eigenvalue weighted by atomic mass is 32.2. The van der Waals surface area contributed by atoms with Gasteiger partial charge in [0.15, 0.2) is 0 Å². The smallest absolute Gasteiger partial charge is 0.247 e. The van der Waals surface area contributed by atoms with E-state index in [2.05, 4.69) is 4.72 Å². The molecule has 0 aliphatic carbocycles. The molecule has 0 spiro atoms. The number of sulfonamides is 1. The van der Waals surface area contributed by atoms with Crippen LogP contribution in [0.15, 0.2) is 23.1 Å². The van der Waals surface area contributed by atoms with E-state index in [0.717, 1.165) is 4.90 Å². The minimum absolute atomic E-state index is 0.0415. The van der Waals surface area contributed by atoms with Crippen molar-refractivity contribution in [3.63, 3.8) is 0 Å². The number of aryl methyl sites for hydroxylation is 1. The van der Waals surface area contributed by atoms with Crippen LogP contribution in [0.25, 0.3) is 0 Å². The minimum atomic E-state index is -3.92. The van der Waals surface area contributed by atoms with Gasteiger partial charge in [-0.25, -0.2) is 8.42 Å². The average Bonchev–Trinajstić information content (AvgIpc) is 2.66. The van der Waals surface area contributed by atoms with Gasteiger partial charge in [0.1, 0.15) is 6.04 Å². The molecule has 8 heteroatoms. The molecule has 3 N–H and O–H groups in total. The summed E-state index contributed by atoms with van der Waals surface area (Å²) in [5, 5.41) is 0. The summed E-state index contributed by atoms with van der Waals surface area (Å²) in [7, 11) is -2.59. The second-order valence-corrected chi connectivity index (χ2v) is 6.57. The number of benzene rings is 1. The number of hydrogen-bond donors (Lipinski definition) is 2. The van der Waals surface area contributed by atoms with Gasteiger partial charge in [-0.05, 0) is 24.1 Å². The van der Waals surface area contributed by atoms with Crippen molar-refractivity contribution in [1.82, 2.24) is 9.62 Å². The Morgan fingerprint density at radius 2 is 2.05 bits per heavy atom. The fraction of sp³-hybridized carbons (Fsp3) is 0.385. The molecule has 114 valence electrons. The summed E-state index contributed by atoms with van der Waals surface area (Å²) in [4.78, 5) is 24.2. The molecule has 1 aromatic carbocycles. The maximum atomic E-state index is 12.4. The van der Waals surface area contributed by atoms with Crippen LogP contribution < -0.4 is 10.5 Å². The molecule has 0 saturated carbocycles. The van der Waals surface area contributed by atoms with Crippen LogP contribution in [-0.4, -0.2) is 38.2 Å². The molecule has 1 aliphatic rings. The van der Waals surface area contributed by atoms with Gasteiger partial charge < -0.3 is 5.73 Å². The van der Waals surface area contributed by atoms with Crippen molar-refractivity contribution in [2.75, 3.05) is 12.8 Å². The van der Waals surface area contributed by atoms with Gasteiger partial charge in [0.2, 0.25) is 21.8 Å². The monoisotopic (exact) mass is 311 g/mol. The average molecular weight is 311 g/mol. The molecule has 1 saturated heterocycles. The lowest BCUT2D eigenvalue weighted by atomic mass is 10.1. The number of nitrogens with two attached hydrogens (primary N) is 1. The third kappa shape index (κ3) is 2.91. The van der Waals surface area contributed by atoms with Crippen molar-refractivity contribution in [1.29, 1.82) is 0 Å². The van der Waals surface area contributed by atoms with Gasteiger partial charge in [-0.2, -0.15) is 4.72 Å². The van der Waals surface area contributed by atoms with Crippen LogP contribution >= 0.6 is 0 Å². The first-order valence-electron chi connectivity index (χ1n) is 6.47. The van der Waals surface area contributed by atoms with Gasteiger partial charge in [0, 0.05) is 12.7 Å². The Morgan fingerprint density at radius 1 is 1.38 bits per heavy atom. The summed E-state index contributed by atoms with van der Waals surface area (Å²) in [5.74, 6) is -0.957. The lowest BCUT2D eigenvalue weighted by molar-refractivity contribution is -0.137. The first kappa shape index (κ1) is 15.5. The first-order valence-corrected chi connectivity index (χ1v) is 7.95. The number of amides is 2. The van der Waals surface area contributed by atoms with Gasteiger partial charge in [-0.3, -0.25) is 14.5 Å². The van der Waals surface area contributed by atoms with Crippen LogP contribution in [0.4, 0.5) is 5.69 Å². The second kappa shape index (κ2) is 5.45. The Labute approximate surface area is 123 Å². The maximum Gasteiger partial charge on any atom is 0.247 e. The molecule has 1 heterocycles. The number of carbonyl (C=O) groups is 2. The number of likely N-dealkylation sites (tertiary alicyclic amines) is 1. The Hall–Kier alpha value is -1.93. The van der Waals surface area contributed by atoms with E-state index >= 15 is 0 Å². The van der Waals surface area contributed by atoms with E-state index in [9.17, 15) is 18.0 Å². The normalized spacial score (nSPS) is 19.3. The van der Waals surface area contributed by atoms with Crippen molar-refractivity contribution in [2.24, 2.45) is 0 Å². The number of likely N-dealkylation sites (N-methyl/N-ethyl adjacent to an activating group) is 1. The Bertz CT molecular complexity index is 699. The fourth-order valence-electron chi connectivity index (χ4n) is 2.21. The summed E-state index contributed by atoms with van der Waals surface area (Å²) < 4.78 is 27.1. The third-order valence-electron chi connectivity index (χ3n) is 3.44. The summed E-state index contributed by atoms with van der Waals surface area (Å²) in [5.41, 5.74) is 6.55. The van der Waals surface area contributed by atoms with Crippen molar-refractivity contribution >= 4 is 27.5 Å². The zero-order chi connectivity index (χ0) is 15.8. The Kier molecular flexibility index (Phi) is 4.02. The topological polar surface area (TPSA) is 110 Å². The Morgan fingerprint density at radius 3 is 2.57 bits per heavy atom. The third-order valence-corrected chi connectivity index (χ3v) is 4.99. The molecular formula is C13H17N3O4S. The number of carbonyl (C=O) groups excluding carboxylic acids is 2. The van der Waals surface area contributed by atoms with E-state index in [-0.39, 0.29) is 11.3 Å². The lowest BCUT2D eigenvalue weighted by Gasteiger charge is -2.14. The van der Waals surface area contributed by atoms with Gasteiger partial charge in [0.05, 0.1) is 11.3 Å². The molecule has 1 unspecified atom stereocenters. The fourth-order valence-corrected chi connectivity index (χ4v) is 3.75. The number of hydrogen-bond acceptors (Lipinski definition) is 5. The largest absolute Gasteiger partial charge is 0.399 e. The zero-order valence-corrected chi connectivity index (χ0v) is 12.6. The van der Waals surface area contributed by atoms with Crippen molar-refractivity contribution < 1.29 is 18.0 Å². The lowest BCUT2D eigenvalue weighted by Crippen LogP contribution is -2.40. The number of anilines is 1. The number of nitrogens with one attached hydrogen (secondary N) is 1. The first-order chi connectivity index (χ1) is 9.76. The van der Waals surface area contributed by atoms with E-state index < -0.39 is 27.9 Å². The highest BCUT2D eigenvalue weighted by molar-refractivity contribution is 7.89. The van der Waals surface area contributed by atoms with Gasteiger partial charge in [-0.1, -0.05) is 13.0 Å². The maximum absolute atomic E-state index is 12.4. The van der Waals surface area contributed by atoms with E-state index in [1.54, 1.807) is 12.1 Å². The predicted octanol–water partition coefficient (Wildman–Crippen LogP) is -0.133. The molecule has 0 bridgehead atoms. The SMILES string of the molecule is CCc1ccc(N)cc1S(=O)(=O)NC1CC(=O)N(C)C1=O. The minimum Gasteiger partial charge on any atom is -0.399 e. The molecule has 7 nitrogen and oxygen atoms in total. The van der Waals surface area contributed by atoms with Gasteiger partial charge in [0.25, 0.3) is 0 Å². The molecule has 21 heavy (non-hydrogen) atoms. The quantitative estimate of drug-likeness (QED) is 0.594. The number of nitrogens with zero attached hydrogens (tertiary/aromatic N) is 1. The molecule has 1 aliphatic heterocycles. The molecule has 1 atom stereocenters. The highest BCUT2D eigenvalue weighted by Gasteiger charge is 2.39. The van der Waals surface area contributed by atoms with Gasteiger partial charge >= 0.3 is 0 Å². The van der Waals surface area contributed by atoms with Gasteiger partial charge in [-0.15, -0.1) is 0 Å². The van der Waals surface area contributed by atoms with E-state index in [1.807, 2.05) is 6.92 Å². The highest BCUT2D eigenvalue weighted by Crippen LogP contribution is 2.21. The molecular weight excluding hydrogens is 294 g/mol. The van der Waals surface area contributed by atoms with Crippen LogP contribution in [0.3, 0.4) is 0 Å². The van der Waals surface area contributed by atoms with Crippen molar-refractivity contribution in [3.8, 4) is 0 Å². The van der Waals surface area contributed by atoms with E-state index in [4.69, 9.17) is 5.73 Å². The van der Waals surface area contributed by atoms with Crippen LogP contribution in [0, 0.1) is 0 Å². The molecule has 2 rings (SSSR count). The van der Waals surface area contributed by atoms with E-state index in [0.29, 0.717) is 17.7 Å². The predicted molar refractivity (Wildman–Crippen MR) is 76.7 cm³/mol. The number of nitrogen functional groups attached to an aromatic ring is 1. The summed E-state index contributed by atoms with van der Waals surface area (Å²) in [6.45, 7) is 1.82. The van der Waals surface area contributed by atoms with E-state index in [1.165, 1.54) is 13.1 Å².